The van der Waals surface area contributed by atoms with E-state index in [1.54, 1.807) is 6.07 Å². The van der Waals surface area contributed by atoms with E-state index in [0.29, 0.717) is 37.3 Å². The fraction of sp³-hybridized carbons (Fsp3) is 0.650. The minimum Gasteiger partial charge on any atom is -0.379 e. The molecule has 0 radical (unpaired) electrons. The van der Waals surface area contributed by atoms with Crippen molar-refractivity contribution in [1.82, 2.24) is 15.1 Å². The first-order chi connectivity index (χ1) is 12.7. The topological polar surface area (TPSA) is 44.8 Å². The normalized spacial score (nSPS) is 27.3. The van der Waals surface area contributed by atoms with Gasteiger partial charge in [-0.05, 0) is 31.2 Å². The molecule has 5 nitrogen and oxygen atoms in total. The first-order valence-corrected chi connectivity index (χ1v) is 9.85. The molecule has 3 fully saturated rings. The summed E-state index contributed by atoms with van der Waals surface area (Å²) in [5.41, 5.74) is 0.648. The number of fused-ring (bicyclic) bond motifs is 1. The van der Waals surface area contributed by atoms with E-state index in [-0.39, 0.29) is 17.9 Å². The molecular formula is C20H28FN3O2. The van der Waals surface area contributed by atoms with Gasteiger partial charge in [-0.3, -0.25) is 4.90 Å². The molecule has 1 aliphatic carbocycles. The highest BCUT2D eigenvalue weighted by Gasteiger charge is 2.40. The molecule has 2 aliphatic heterocycles. The zero-order valence-corrected chi connectivity index (χ0v) is 15.2. The van der Waals surface area contributed by atoms with Gasteiger partial charge in [0.15, 0.2) is 0 Å². The van der Waals surface area contributed by atoms with Crippen LogP contribution in [0.1, 0.15) is 37.3 Å². The van der Waals surface area contributed by atoms with Crippen LogP contribution in [0.25, 0.3) is 0 Å². The van der Waals surface area contributed by atoms with Crippen molar-refractivity contribution in [2.75, 3.05) is 39.4 Å². The molecule has 142 valence electrons. The highest BCUT2D eigenvalue weighted by atomic mass is 19.1. The van der Waals surface area contributed by atoms with E-state index >= 15 is 0 Å². The lowest BCUT2D eigenvalue weighted by atomic mass is 10.0. The maximum absolute atomic E-state index is 14.4. The Morgan fingerprint density at radius 1 is 1.19 bits per heavy atom. The summed E-state index contributed by atoms with van der Waals surface area (Å²) < 4.78 is 19.9. The number of nitrogens with zero attached hydrogens (tertiary/aromatic N) is 2. The van der Waals surface area contributed by atoms with Gasteiger partial charge >= 0.3 is 6.03 Å². The average molecular weight is 361 g/mol. The number of nitrogens with one attached hydrogen (secondary N) is 1. The van der Waals surface area contributed by atoms with Gasteiger partial charge in [0.2, 0.25) is 0 Å². The maximum atomic E-state index is 14.4. The number of hydrogen-bond donors (Lipinski definition) is 1. The van der Waals surface area contributed by atoms with Crippen LogP contribution in [0, 0.1) is 11.7 Å². The van der Waals surface area contributed by atoms with Gasteiger partial charge in [0.05, 0.1) is 19.3 Å². The molecule has 4 rings (SSSR count). The lowest BCUT2D eigenvalue weighted by Gasteiger charge is -2.35. The van der Waals surface area contributed by atoms with Crippen LogP contribution in [-0.4, -0.2) is 61.3 Å². The highest BCUT2D eigenvalue weighted by molar-refractivity contribution is 5.75. The van der Waals surface area contributed by atoms with E-state index < -0.39 is 0 Å². The molecule has 3 atom stereocenters. The van der Waals surface area contributed by atoms with Crippen LogP contribution in [0.3, 0.4) is 0 Å². The van der Waals surface area contributed by atoms with Gasteiger partial charge in [-0.2, -0.15) is 0 Å². The standard InChI is InChI=1S/C20H28FN3O2/c21-17-6-2-1-5-16(17)19(23-10-12-26-13-11-23)14-22-20(25)24-9-8-15-4-3-7-18(15)24/h1-2,5-6,15,18-19H,3-4,7-14H2,(H,22,25). The fourth-order valence-electron chi connectivity index (χ4n) is 4.84. The second-order valence-electron chi connectivity index (χ2n) is 7.61. The predicted octanol–water partition coefficient (Wildman–Crippen LogP) is 2.78. The van der Waals surface area contributed by atoms with Crippen molar-refractivity contribution in [3.05, 3.63) is 35.6 Å². The van der Waals surface area contributed by atoms with Gasteiger partial charge in [-0.1, -0.05) is 24.6 Å². The van der Waals surface area contributed by atoms with Crippen LogP contribution in [0.15, 0.2) is 24.3 Å². The van der Waals surface area contributed by atoms with Crippen molar-refractivity contribution in [2.45, 2.75) is 37.8 Å². The molecule has 2 heterocycles. The third-order valence-corrected chi connectivity index (χ3v) is 6.22. The quantitative estimate of drug-likeness (QED) is 0.897. The highest BCUT2D eigenvalue weighted by Crippen LogP contribution is 2.37. The summed E-state index contributed by atoms with van der Waals surface area (Å²) >= 11 is 0. The third kappa shape index (κ3) is 3.58. The summed E-state index contributed by atoms with van der Waals surface area (Å²) in [6.45, 7) is 4.08. The van der Waals surface area contributed by atoms with Crippen molar-refractivity contribution in [3.8, 4) is 0 Å². The van der Waals surface area contributed by atoms with Crippen LogP contribution in [0.2, 0.25) is 0 Å². The average Bonchev–Trinajstić information content (AvgIpc) is 3.27. The number of urea groups is 1. The minimum atomic E-state index is -0.213. The summed E-state index contributed by atoms with van der Waals surface area (Å²) in [5, 5.41) is 3.10. The number of morpholine rings is 1. The number of ether oxygens (including phenoxy) is 1. The molecule has 1 saturated carbocycles. The molecule has 3 aliphatic rings. The molecule has 0 spiro atoms. The molecule has 1 aromatic rings. The Morgan fingerprint density at radius 2 is 2.00 bits per heavy atom. The molecule has 2 saturated heterocycles. The Morgan fingerprint density at radius 3 is 2.81 bits per heavy atom. The Hall–Kier alpha value is -1.66. The Kier molecular flexibility index (Phi) is 5.41. The van der Waals surface area contributed by atoms with E-state index in [4.69, 9.17) is 4.74 Å². The van der Waals surface area contributed by atoms with E-state index in [1.807, 2.05) is 17.0 Å². The van der Waals surface area contributed by atoms with Crippen molar-refractivity contribution >= 4 is 6.03 Å². The second kappa shape index (κ2) is 7.92. The van der Waals surface area contributed by atoms with Crippen molar-refractivity contribution in [3.63, 3.8) is 0 Å². The van der Waals surface area contributed by atoms with Crippen molar-refractivity contribution < 1.29 is 13.9 Å². The number of likely N-dealkylation sites (tertiary alicyclic amines) is 1. The summed E-state index contributed by atoms with van der Waals surface area (Å²) in [6, 6.07) is 7.14. The first-order valence-electron chi connectivity index (χ1n) is 9.85. The van der Waals surface area contributed by atoms with Crippen molar-refractivity contribution in [2.24, 2.45) is 5.92 Å². The maximum Gasteiger partial charge on any atom is 0.317 e. The smallest absolute Gasteiger partial charge is 0.317 e. The van der Waals surface area contributed by atoms with Gasteiger partial charge in [0.25, 0.3) is 0 Å². The fourth-order valence-corrected chi connectivity index (χ4v) is 4.84. The van der Waals surface area contributed by atoms with E-state index in [9.17, 15) is 9.18 Å². The van der Waals surface area contributed by atoms with Crippen LogP contribution in [-0.2, 0) is 4.74 Å². The van der Waals surface area contributed by atoms with Gasteiger partial charge in [-0.15, -0.1) is 0 Å². The molecule has 0 aromatic heterocycles. The SMILES string of the molecule is O=C(NCC(c1ccccc1F)N1CCOCC1)N1CCC2CCCC21. The van der Waals surface area contributed by atoms with E-state index in [1.165, 1.54) is 18.9 Å². The molecular weight excluding hydrogens is 333 g/mol. The minimum absolute atomic E-state index is 0.00833. The number of carbonyl (C=O) groups is 1. The molecule has 26 heavy (non-hydrogen) atoms. The predicted molar refractivity (Wildman–Crippen MR) is 97.4 cm³/mol. The number of amides is 2. The van der Waals surface area contributed by atoms with Crippen LogP contribution >= 0.6 is 0 Å². The summed E-state index contributed by atoms with van der Waals surface area (Å²) in [4.78, 5) is 17.0. The Balaban J connectivity index is 1.44. The van der Waals surface area contributed by atoms with Crippen molar-refractivity contribution in [1.29, 1.82) is 0 Å². The van der Waals surface area contributed by atoms with Crippen LogP contribution in [0.5, 0.6) is 0 Å². The molecule has 2 amide bonds. The number of benzene rings is 1. The molecule has 0 bridgehead atoms. The molecule has 1 N–H and O–H groups in total. The summed E-state index contributed by atoms with van der Waals surface area (Å²) in [7, 11) is 0. The van der Waals surface area contributed by atoms with Gasteiger partial charge in [-0.25, -0.2) is 9.18 Å². The zero-order valence-electron chi connectivity index (χ0n) is 15.2. The first kappa shape index (κ1) is 17.7. The van der Waals surface area contributed by atoms with Gasteiger partial charge in [0.1, 0.15) is 5.82 Å². The van der Waals surface area contributed by atoms with E-state index in [2.05, 4.69) is 10.2 Å². The van der Waals surface area contributed by atoms with Gasteiger partial charge < -0.3 is 15.0 Å². The number of halogens is 1. The van der Waals surface area contributed by atoms with Crippen LogP contribution in [0.4, 0.5) is 9.18 Å². The second-order valence-corrected chi connectivity index (χ2v) is 7.61. The molecule has 1 aromatic carbocycles. The zero-order chi connectivity index (χ0) is 17.9. The number of carbonyl (C=O) groups excluding carboxylic acids is 1. The lowest BCUT2D eigenvalue weighted by molar-refractivity contribution is 0.0157. The summed E-state index contributed by atoms with van der Waals surface area (Å²) in [5.74, 6) is 0.470. The Bertz CT molecular complexity index is 635. The molecule has 6 heteroatoms. The van der Waals surface area contributed by atoms with E-state index in [0.717, 1.165) is 32.5 Å². The Labute approximate surface area is 154 Å². The largest absolute Gasteiger partial charge is 0.379 e. The number of rotatable bonds is 4. The molecule has 3 unspecified atom stereocenters. The summed E-state index contributed by atoms with van der Waals surface area (Å²) in [6.07, 6.45) is 4.72. The third-order valence-electron chi connectivity index (χ3n) is 6.22. The van der Waals surface area contributed by atoms with Gasteiger partial charge in [0, 0.05) is 37.8 Å². The monoisotopic (exact) mass is 361 g/mol. The van der Waals surface area contributed by atoms with Crippen LogP contribution < -0.4 is 5.32 Å². The number of hydrogen-bond acceptors (Lipinski definition) is 3. The lowest BCUT2D eigenvalue weighted by Crippen LogP contribution is -2.48.